The minimum atomic E-state index is -0.681. The van der Waals surface area contributed by atoms with Gasteiger partial charge in [0.25, 0.3) is 0 Å². The van der Waals surface area contributed by atoms with Gasteiger partial charge in [-0.2, -0.15) is 0 Å². The summed E-state index contributed by atoms with van der Waals surface area (Å²) in [6, 6.07) is 7.43. The van der Waals surface area contributed by atoms with Crippen LogP contribution >= 0.6 is 11.6 Å². The summed E-state index contributed by atoms with van der Waals surface area (Å²) in [5, 5.41) is 16.4. The van der Waals surface area contributed by atoms with Crippen molar-refractivity contribution in [1.82, 2.24) is 26.2 Å². The van der Waals surface area contributed by atoms with Crippen molar-refractivity contribution in [2.45, 2.75) is 38.0 Å². The van der Waals surface area contributed by atoms with Gasteiger partial charge in [-0.1, -0.05) is 35.7 Å². The third-order valence-corrected chi connectivity index (χ3v) is 6.94. The molecule has 0 aromatic heterocycles. The lowest BCUT2D eigenvalue weighted by Crippen LogP contribution is -2.42. The predicted molar refractivity (Wildman–Crippen MR) is 140 cm³/mol. The molecule has 1 amide bonds. The van der Waals surface area contributed by atoms with Gasteiger partial charge in [-0.25, -0.2) is 4.79 Å². The number of carbonyl (C=O) groups is 1. The van der Waals surface area contributed by atoms with E-state index in [0.717, 1.165) is 29.1 Å². The number of benzene rings is 1. The van der Waals surface area contributed by atoms with E-state index in [1.54, 1.807) is 29.2 Å². The van der Waals surface area contributed by atoms with Crippen molar-refractivity contribution in [3.8, 4) is 17.6 Å². The molecule has 4 aliphatic rings. The quantitative estimate of drug-likeness (QED) is 0.405. The fraction of sp³-hybridized carbons (Fsp3) is 0.370. The molecule has 0 saturated carbocycles. The summed E-state index contributed by atoms with van der Waals surface area (Å²) in [7, 11) is 0. The van der Waals surface area contributed by atoms with Crippen molar-refractivity contribution in [2.24, 2.45) is 0 Å². The fourth-order valence-corrected chi connectivity index (χ4v) is 5.18. The number of aliphatic hydroxyl groups excluding tert-OH is 1. The minimum Gasteiger partial charge on any atom is -0.491 e. The zero-order chi connectivity index (χ0) is 25.8. The Bertz CT molecular complexity index is 1210. The van der Waals surface area contributed by atoms with E-state index in [2.05, 4.69) is 28.1 Å². The van der Waals surface area contributed by atoms with Gasteiger partial charge in [0.15, 0.2) is 6.61 Å². The molecule has 3 atom stereocenters. The van der Waals surface area contributed by atoms with Crippen molar-refractivity contribution < 1.29 is 19.4 Å². The summed E-state index contributed by atoms with van der Waals surface area (Å²) < 4.78 is 11.3. The third-order valence-electron chi connectivity index (χ3n) is 6.68. The lowest BCUT2D eigenvalue weighted by molar-refractivity contribution is 0.0687. The zero-order valence-electron chi connectivity index (χ0n) is 20.5. The highest BCUT2D eigenvalue weighted by molar-refractivity contribution is 6.31. The van der Waals surface area contributed by atoms with Gasteiger partial charge in [0.1, 0.15) is 24.5 Å². The van der Waals surface area contributed by atoms with Crippen LogP contribution < -0.4 is 21.0 Å². The first-order chi connectivity index (χ1) is 18.0. The summed E-state index contributed by atoms with van der Waals surface area (Å²) in [5.74, 6) is 6.18. The number of fused-ring (bicyclic) bond motifs is 2. The molecule has 0 radical (unpaired) electrons. The van der Waals surface area contributed by atoms with E-state index >= 15 is 0 Å². The van der Waals surface area contributed by atoms with Crippen LogP contribution in [0.2, 0.25) is 0 Å². The molecule has 0 spiro atoms. The number of amides is 1. The van der Waals surface area contributed by atoms with Gasteiger partial charge < -0.3 is 25.3 Å². The number of halogens is 1. The molecule has 1 aliphatic carbocycles. The Balaban J connectivity index is 1.34. The van der Waals surface area contributed by atoms with Crippen LogP contribution in [0.1, 0.15) is 31.4 Å². The first-order valence-electron chi connectivity index (χ1n) is 12.3. The first-order valence-corrected chi connectivity index (χ1v) is 12.7. The Morgan fingerprint density at radius 2 is 2.16 bits per heavy atom. The smallest absolute Gasteiger partial charge is 0.411 e. The van der Waals surface area contributed by atoms with Gasteiger partial charge in [0.05, 0.1) is 12.6 Å². The molecule has 3 aliphatic heterocycles. The molecule has 1 aromatic carbocycles. The number of hydrogen-bond donors (Lipinski definition) is 4. The van der Waals surface area contributed by atoms with Gasteiger partial charge in [-0.15, -0.1) is 11.5 Å². The van der Waals surface area contributed by atoms with Crippen molar-refractivity contribution in [1.29, 1.82) is 0 Å². The maximum atomic E-state index is 13.1. The average Bonchev–Trinajstić information content (AvgIpc) is 3.55. The second-order valence-corrected chi connectivity index (χ2v) is 9.54. The molecule has 0 fully saturated rings. The Kier molecular flexibility index (Phi) is 7.60. The molecule has 10 heteroatoms. The molecule has 5 rings (SSSR count). The van der Waals surface area contributed by atoms with Crippen LogP contribution in [0.25, 0.3) is 0 Å². The second kappa shape index (κ2) is 11.2. The number of hydrogen-bond acceptors (Lipinski definition) is 8. The van der Waals surface area contributed by atoms with Crippen LogP contribution in [0.15, 0.2) is 70.7 Å². The number of β-amino-alcohol motifs (C(OH)–C–C–N with tert-alkyl or cyclic N) is 1. The standard InChI is InChI=1S/C27H30ClN5O4/c1-2-3-14-36-27(35)33-12-10-22-23-15-19(28)6-9-24(23)30-25(22)26(33)18-4-7-21(8-5-18)37-17-20(34)16-32-13-11-29-31-32/h4-8,11,13,15,20,24,26,29-31,34H,9-10,12,14,16-17H2,1H3. The van der Waals surface area contributed by atoms with Gasteiger partial charge in [-0.3, -0.25) is 9.91 Å². The van der Waals surface area contributed by atoms with Gasteiger partial charge in [-0.05, 0) is 54.7 Å². The monoisotopic (exact) mass is 523 g/mol. The van der Waals surface area contributed by atoms with E-state index in [1.165, 1.54) is 11.1 Å². The van der Waals surface area contributed by atoms with Gasteiger partial charge >= 0.3 is 6.09 Å². The molecule has 3 heterocycles. The molecular formula is C27H30ClN5O4. The summed E-state index contributed by atoms with van der Waals surface area (Å²) in [6.07, 6.45) is 8.01. The highest BCUT2D eigenvalue weighted by Gasteiger charge is 2.41. The number of hydrazine groups is 2. The summed E-state index contributed by atoms with van der Waals surface area (Å²) in [4.78, 5) is 14.8. The Labute approximate surface area is 221 Å². The Morgan fingerprint density at radius 1 is 1.32 bits per heavy atom. The zero-order valence-corrected chi connectivity index (χ0v) is 21.3. The molecule has 3 unspecified atom stereocenters. The average molecular weight is 524 g/mol. The maximum Gasteiger partial charge on any atom is 0.411 e. The first kappa shape index (κ1) is 25.1. The normalized spacial score (nSPS) is 22.6. The van der Waals surface area contributed by atoms with Crippen LogP contribution in [0.5, 0.6) is 5.75 Å². The maximum absolute atomic E-state index is 13.1. The summed E-state index contributed by atoms with van der Waals surface area (Å²) >= 11 is 6.33. The van der Waals surface area contributed by atoms with Crippen molar-refractivity contribution >= 4 is 17.7 Å². The molecule has 0 saturated heterocycles. The number of rotatable bonds is 7. The van der Waals surface area contributed by atoms with Crippen LogP contribution in [-0.4, -0.2) is 59.6 Å². The van der Waals surface area contributed by atoms with E-state index < -0.39 is 12.2 Å². The topological polar surface area (TPSA) is 98.3 Å². The van der Waals surface area contributed by atoms with Crippen molar-refractivity contribution in [3.63, 3.8) is 0 Å². The predicted octanol–water partition coefficient (Wildman–Crippen LogP) is 2.81. The highest BCUT2D eigenvalue weighted by atomic mass is 35.5. The van der Waals surface area contributed by atoms with Crippen LogP contribution in [-0.2, 0) is 4.74 Å². The van der Waals surface area contributed by atoms with E-state index in [0.29, 0.717) is 18.8 Å². The van der Waals surface area contributed by atoms with Crippen molar-refractivity contribution in [3.05, 3.63) is 76.3 Å². The molecular weight excluding hydrogens is 494 g/mol. The Morgan fingerprint density at radius 3 is 2.92 bits per heavy atom. The molecule has 1 aromatic rings. The second-order valence-electron chi connectivity index (χ2n) is 9.10. The van der Waals surface area contributed by atoms with Gasteiger partial charge in [0, 0.05) is 29.7 Å². The minimum absolute atomic E-state index is 0.0547. The lowest BCUT2D eigenvalue weighted by Gasteiger charge is -2.36. The molecule has 194 valence electrons. The number of ether oxygens (including phenoxy) is 2. The fourth-order valence-electron chi connectivity index (χ4n) is 4.98. The Hall–Kier alpha value is -3.58. The number of aliphatic hydroxyl groups is 1. The van der Waals surface area contributed by atoms with Crippen LogP contribution in [0.3, 0.4) is 0 Å². The van der Waals surface area contributed by atoms with Crippen LogP contribution in [0.4, 0.5) is 4.79 Å². The molecule has 4 N–H and O–H groups in total. The van der Waals surface area contributed by atoms with Gasteiger partial charge in [0.2, 0.25) is 0 Å². The summed E-state index contributed by atoms with van der Waals surface area (Å²) in [5.41, 5.74) is 10.1. The number of nitrogens with one attached hydrogen (secondary N) is 3. The lowest BCUT2D eigenvalue weighted by atomic mass is 9.89. The number of carbonyl (C=O) groups excluding carboxylic acids is 1. The largest absolute Gasteiger partial charge is 0.491 e. The van der Waals surface area contributed by atoms with Crippen LogP contribution in [0, 0.1) is 11.8 Å². The van der Waals surface area contributed by atoms with Crippen molar-refractivity contribution in [2.75, 3.05) is 26.3 Å². The molecule has 0 bridgehead atoms. The molecule has 37 heavy (non-hydrogen) atoms. The van der Waals surface area contributed by atoms with E-state index in [9.17, 15) is 9.90 Å². The van der Waals surface area contributed by atoms with E-state index in [4.69, 9.17) is 21.1 Å². The number of allylic oxidation sites excluding steroid dienone is 2. The number of nitrogens with zero attached hydrogens (tertiary/aromatic N) is 2. The summed E-state index contributed by atoms with van der Waals surface area (Å²) in [6.45, 7) is 2.81. The van der Waals surface area contributed by atoms with E-state index in [-0.39, 0.29) is 25.3 Å². The SMILES string of the molecule is CC#CCOC(=O)N1CCC2=C(NC3CC=C(Cl)C=C23)C1c1ccc(OCC(O)CN2C=CNN2)cc1. The highest BCUT2D eigenvalue weighted by Crippen LogP contribution is 2.44. The third kappa shape index (κ3) is 5.57. The van der Waals surface area contributed by atoms with E-state index in [1.807, 2.05) is 36.4 Å². The molecule has 9 nitrogen and oxygen atoms in total.